The van der Waals surface area contributed by atoms with Gasteiger partial charge in [0.15, 0.2) is 5.75 Å². The third kappa shape index (κ3) is 5.11. The summed E-state index contributed by atoms with van der Waals surface area (Å²) in [6.45, 7) is 0. The van der Waals surface area contributed by atoms with Gasteiger partial charge in [0, 0.05) is 23.4 Å². The molecule has 2 N–H and O–H groups in total. The lowest BCUT2D eigenvalue weighted by Crippen LogP contribution is -2.12. The number of nitrogens with one attached hydrogen (secondary N) is 1. The first-order valence-electron chi connectivity index (χ1n) is 8.76. The molecule has 0 fully saturated rings. The molecule has 3 aromatic rings. The number of anilines is 1. The van der Waals surface area contributed by atoms with E-state index in [1.807, 2.05) is 0 Å². The molecule has 0 radical (unpaired) electrons. The van der Waals surface area contributed by atoms with Crippen LogP contribution in [0.2, 0.25) is 5.02 Å². The van der Waals surface area contributed by atoms with Gasteiger partial charge < -0.3 is 19.7 Å². The number of hydrogen-bond donors (Lipinski definition) is 2. The maximum atomic E-state index is 12.1. The highest BCUT2D eigenvalue weighted by atomic mass is 35.5. The van der Waals surface area contributed by atoms with Crippen LogP contribution in [0.15, 0.2) is 47.0 Å². The van der Waals surface area contributed by atoms with Crippen LogP contribution in [0, 0.1) is 0 Å². The van der Waals surface area contributed by atoms with Gasteiger partial charge in [-0.05, 0) is 42.8 Å². The van der Waals surface area contributed by atoms with Gasteiger partial charge in [0.25, 0.3) is 0 Å². The molecule has 150 valence electrons. The topological polar surface area (TPSA) is 115 Å². The molecule has 0 spiro atoms. The lowest BCUT2D eigenvalue weighted by atomic mass is 10.1. The highest BCUT2D eigenvalue weighted by Gasteiger charge is 2.16. The number of halogens is 1. The zero-order valence-corrected chi connectivity index (χ0v) is 16.3. The molecule has 0 atom stereocenters. The van der Waals surface area contributed by atoms with Crippen molar-refractivity contribution in [1.29, 1.82) is 0 Å². The van der Waals surface area contributed by atoms with Crippen LogP contribution < -0.4 is 5.32 Å². The van der Waals surface area contributed by atoms with Crippen LogP contribution in [0.3, 0.4) is 0 Å². The van der Waals surface area contributed by atoms with Crippen molar-refractivity contribution in [2.75, 3.05) is 12.4 Å². The highest BCUT2D eigenvalue weighted by molar-refractivity contribution is 6.30. The number of nitrogens with zero attached hydrogens (tertiary/aromatic N) is 2. The van der Waals surface area contributed by atoms with Crippen LogP contribution in [-0.4, -0.2) is 34.2 Å². The first-order chi connectivity index (χ1) is 14.0. The van der Waals surface area contributed by atoms with Gasteiger partial charge >= 0.3 is 5.97 Å². The standard InChI is InChI=1S/C20H18ClN3O5/c1-28-20(27)14-4-2-5-15(18(14)26)22-16(25)6-3-7-17-23-19(24-29-17)12-8-10-13(21)11-9-12/h2,4-5,8-11,26H,3,6-7H2,1H3,(H,22,25). The van der Waals surface area contributed by atoms with Crippen molar-refractivity contribution < 1.29 is 24.0 Å². The quantitative estimate of drug-likeness (QED) is 0.445. The number of aromatic hydroxyl groups is 1. The zero-order chi connectivity index (χ0) is 20.8. The number of aryl methyl sites for hydroxylation is 1. The van der Waals surface area contributed by atoms with Crippen LogP contribution in [-0.2, 0) is 16.0 Å². The Labute approximate surface area is 171 Å². The number of esters is 1. The maximum Gasteiger partial charge on any atom is 0.341 e. The number of carbonyl (C=O) groups excluding carboxylic acids is 2. The van der Waals surface area contributed by atoms with Crippen molar-refractivity contribution in [3.05, 3.63) is 58.9 Å². The normalized spacial score (nSPS) is 10.6. The molecule has 3 rings (SSSR count). The fraction of sp³-hybridized carbons (Fsp3) is 0.200. The number of hydrogen-bond acceptors (Lipinski definition) is 7. The van der Waals surface area contributed by atoms with Gasteiger partial charge in [0.2, 0.25) is 17.6 Å². The first kappa shape index (κ1) is 20.3. The second-order valence-corrected chi connectivity index (χ2v) is 6.55. The zero-order valence-electron chi connectivity index (χ0n) is 15.5. The molecule has 1 aromatic heterocycles. The number of rotatable bonds is 7. The molecule has 0 unspecified atom stereocenters. The third-order valence-electron chi connectivity index (χ3n) is 4.08. The summed E-state index contributed by atoms with van der Waals surface area (Å²) in [5.74, 6) is -0.479. The average molecular weight is 416 g/mol. The van der Waals surface area contributed by atoms with Gasteiger partial charge in [-0.15, -0.1) is 0 Å². The van der Waals surface area contributed by atoms with E-state index in [1.54, 1.807) is 24.3 Å². The number of phenolic OH excluding ortho intramolecular Hbond substituents is 1. The van der Waals surface area contributed by atoms with Gasteiger partial charge in [-0.2, -0.15) is 4.98 Å². The van der Waals surface area contributed by atoms with Crippen molar-refractivity contribution in [2.45, 2.75) is 19.3 Å². The molecule has 8 nitrogen and oxygen atoms in total. The van der Waals surface area contributed by atoms with Gasteiger partial charge in [-0.1, -0.05) is 22.8 Å². The number of ether oxygens (including phenoxy) is 1. The van der Waals surface area contributed by atoms with Crippen LogP contribution in [0.1, 0.15) is 29.1 Å². The minimum Gasteiger partial charge on any atom is -0.505 e. The van der Waals surface area contributed by atoms with E-state index < -0.39 is 5.97 Å². The highest BCUT2D eigenvalue weighted by Crippen LogP contribution is 2.28. The fourth-order valence-corrected chi connectivity index (χ4v) is 2.73. The number of benzene rings is 2. The number of aromatic nitrogens is 2. The summed E-state index contributed by atoms with van der Waals surface area (Å²) < 4.78 is 9.79. The van der Waals surface area contributed by atoms with E-state index in [9.17, 15) is 14.7 Å². The molecule has 9 heteroatoms. The maximum absolute atomic E-state index is 12.1. The predicted molar refractivity (Wildman–Crippen MR) is 106 cm³/mol. The fourth-order valence-electron chi connectivity index (χ4n) is 2.60. The Balaban J connectivity index is 1.53. The predicted octanol–water partition coefficient (Wildman–Crippen LogP) is 3.84. The van der Waals surface area contributed by atoms with Gasteiger partial charge in [0.1, 0.15) is 5.56 Å². The van der Waals surface area contributed by atoms with Crippen molar-refractivity contribution in [3.8, 4) is 17.1 Å². The van der Waals surface area contributed by atoms with Crippen molar-refractivity contribution >= 4 is 29.2 Å². The van der Waals surface area contributed by atoms with E-state index in [4.69, 9.17) is 16.1 Å². The second-order valence-electron chi connectivity index (χ2n) is 6.11. The molecule has 0 saturated carbocycles. The van der Waals surface area contributed by atoms with E-state index in [-0.39, 0.29) is 29.3 Å². The lowest BCUT2D eigenvalue weighted by molar-refractivity contribution is -0.116. The largest absolute Gasteiger partial charge is 0.505 e. The Kier molecular flexibility index (Phi) is 6.46. The van der Waals surface area contributed by atoms with Crippen LogP contribution >= 0.6 is 11.6 Å². The Hall–Kier alpha value is -3.39. The first-order valence-corrected chi connectivity index (χ1v) is 9.14. The van der Waals surface area contributed by atoms with Crippen LogP contribution in [0.4, 0.5) is 5.69 Å². The Bertz CT molecular complexity index is 1020. The van der Waals surface area contributed by atoms with E-state index in [0.717, 1.165) is 5.56 Å². The Morgan fingerprint density at radius 3 is 2.69 bits per heavy atom. The minimum absolute atomic E-state index is 0.0223. The summed E-state index contributed by atoms with van der Waals surface area (Å²) in [6.07, 6.45) is 1.05. The second kappa shape index (κ2) is 9.20. The number of amides is 1. The SMILES string of the molecule is COC(=O)c1cccc(NC(=O)CCCc2nc(-c3ccc(Cl)cc3)no2)c1O. The summed E-state index contributed by atoms with van der Waals surface area (Å²) in [4.78, 5) is 28.0. The minimum atomic E-state index is -0.688. The molecule has 0 saturated heterocycles. The molecular formula is C20H18ClN3O5. The molecule has 2 aromatic carbocycles. The summed E-state index contributed by atoms with van der Waals surface area (Å²) in [5.41, 5.74) is 0.898. The summed E-state index contributed by atoms with van der Waals surface area (Å²) in [7, 11) is 1.21. The number of carbonyl (C=O) groups is 2. The number of para-hydroxylation sites is 1. The van der Waals surface area contributed by atoms with Crippen molar-refractivity contribution in [2.24, 2.45) is 0 Å². The molecular weight excluding hydrogens is 398 g/mol. The smallest absolute Gasteiger partial charge is 0.341 e. The average Bonchev–Trinajstić information content (AvgIpc) is 3.18. The van der Waals surface area contributed by atoms with E-state index in [0.29, 0.717) is 29.6 Å². The molecule has 29 heavy (non-hydrogen) atoms. The molecule has 0 aliphatic rings. The van der Waals surface area contributed by atoms with E-state index >= 15 is 0 Å². The lowest BCUT2D eigenvalue weighted by Gasteiger charge is -2.09. The summed E-state index contributed by atoms with van der Waals surface area (Å²) >= 11 is 5.86. The molecule has 1 amide bonds. The van der Waals surface area contributed by atoms with Gasteiger partial charge in [-0.3, -0.25) is 4.79 Å². The number of phenols is 1. The van der Waals surface area contributed by atoms with Crippen LogP contribution in [0.5, 0.6) is 5.75 Å². The molecule has 0 bridgehead atoms. The van der Waals surface area contributed by atoms with Gasteiger partial charge in [-0.25, -0.2) is 4.79 Å². The monoisotopic (exact) mass is 415 g/mol. The van der Waals surface area contributed by atoms with Crippen LogP contribution in [0.25, 0.3) is 11.4 Å². The number of methoxy groups -OCH3 is 1. The Morgan fingerprint density at radius 2 is 1.97 bits per heavy atom. The summed E-state index contributed by atoms with van der Waals surface area (Å²) in [5, 5.41) is 17.2. The molecule has 0 aliphatic carbocycles. The third-order valence-corrected chi connectivity index (χ3v) is 4.33. The van der Waals surface area contributed by atoms with E-state index in [1.165, 1.54) is 25.3 Å². The molecule has 1 heterocycles. The van der Waals surface area contributed by atoms with Gasteiger partial charge in [0.05, 0.1) is 12.8 Å². The molecule has 0 aliphatic heterocycles. The van der Waals surface area contributed by atoms with Crippen molar-refractivity contribution in [1.82, 2.24) is 10.1 Å². The summed E-state index contributed by atoms with van der Waals surface area (Å²) in [6, 6.07) is 11.5. The Morgan fingerprint density at radius 1 is 1.21 bits per heavy atom. The van der Waals surface area contributed by atoms with E-state index in [2.05, 4.69) is 20.2 Å². The van der Waals surface area contributed by atoms with Crippen molar-refractivity contribution in [3.63, 3.8) is 0 Å².